The molecule has 0 aliphatic heterocycles. The van der Waals surface area contributed by atoms with Crippen LogP contribution in [0.1, 0.15) is 32.1 Å². The van der Waals surface area contributed by atoms with E-state index in [0.717, 1.165) is 74.0 Å². The van der Waals surface area contributed by atoms with Crippen LogP contribution < -0.4 is 20.1 Å². The van der Waals surface area contributed by atoms with E-state index >= 15 is 0 Å². The summed E-state index contributed by atoms with van der Waals surface area (Å²) < 4.78 is 73.0. The molecule has 1 aliphatic carbocycles. The Labute approximate surface area is 262 Å². The van der Waals surface area contributed by atoms with Gasteiger partial charge in [0.2, 0.25) is 16.0 Å². The number of para-hydroxylation sites is 1. The second kappa shape index (κ2) is 14.1. The summed E-state index contributed by atoms with van der Waals surface area (Å²) in [5.41, 5.74) is 0.840. The Bertz CT molecular complexity index is 1650. The molecule has 10 nitrogen and oxygen atoms in total. The number of fused-ring (bicyclic) bond motifs is 1. The van der Waals surface area contributed by atoms with Crippen molar-refractivity contribution in [1.82, 2.24) is 24.2 Å². The maximum absolute atomic E-state index is 12.9. The number of rotatable bonds is 13. The van der Waals surface area contributed by atoms with E-state index in [1.807, 2.05) is 35.0 Å². The smallest absolute Gasteiger partial charge is 0.404 e. The first kappa shape index (κ1) is 32.0. The third-order valence-corrected chi connectivity index (χ3v) is 9.50. The highest BCUT2D eigenvalue weighted by Crippen LogP contribution is 2.33. The third-order valence-electron chi connectivity index (χ3n) is 7.55. The van der Waals surface area contributed by atoms with Gasteiger partial charge in [0, 0.05) is 48.4 Å². The van der Waals surface area contributed by atoms with Crippen molar-refractivity contribution in [2.75, 3.05) is 30.3 Å². The van der Waals surface area contributed by atoms with Crippen LogP contribution in [0.3, 0.4) is 0 Å². The van der Waals surface area contributed by atoms with Gasteiger partial charge < -0.3 is 19.9 Å². The van der Waals surface area contributed by atoms with Gasteiger partial charge in [-0.05, 0) is 74.3 Å². The molecule has 0 atom stereocenters. The number of ether oxygens (including phenoxy) is 1. The van der Waals surface area contributed by atoms with Crippen molar-refractivity contribution in [3.63, 3.8) is 0 Å². The highest BCUT2D eigenvalue weighted by Gasteiger charge is 2.34. The molecule has 236 valence electrons. The fraction of sp³-hybridized carbons (Fsp3) is 0.414. The minimum Gasteiger partial charge on any atom is -0.404 e. The van der Waals surface area contributed by atoms with Crippen LogP contribution in [0, 0.1) is 11.8 Å². The van der Waals surface area contributed by atoms with E-state index in [9.17, 15) is 21.6 Å². The van der Waals surface area contributed by atoms with Crippen molar-refractivity contribution in [1.29, 1.82) is 0 Å². The molecule has 0 bridgehead atoms. The number of hydrogen-bond acceptors (Lipinski definition) is 8. The van der Waals surface area contributed by atoms with Gasteiger partial charge in [0.1, 0.15) is 10.7 Å². The number of benzene rings is 2. The Balaban J connectivity index is 1.12. The van der Waals surface area contributed by atoms with Crippen LogP contribution in [-0.4, -0.2) is 53.9 Å². The van der Waals surface area contributed by atoms with Crippen LogP contribution in [0.25, 0.3) is 10.9 Å². The largest absolute Gasteiger partial charge is 0.573 e. The van der Waals surface area contributed by atoms with Crippen LogP contribution in [0.15, 0.2) is 70.6 Å². The Morgan fingerprint density at radius 3 is 2.48 bits per heavy atom. The van der Waals surface area contributed by atoms with Crippen molar-refractivity contribution in [3.8, 4) is 5.75 Å². The SMILES string of the molecule is O=S(=O)(NCC1CCC(CNc2nc(NCCCn3ccnc3)c3ccccc3n2)CC1)c1ccc(Br)cc1OC(F)(F)F. The minimum atomic E-state index is -5.02. The first-order chi connectivity index (χ1) is 21.1. The predicted octanol–water partition coefficient (Wildman–Crippen LogP) is 6.19. The zero-order valence-electron chi connectivity index (χ0n) is 23.7. The maximum atomic E-state index is 12.9. The monoisotopic (exact) mass is 695 g/mol. The lowest BCUT2D eigenvalue weighted by atomic mass is 9.82. The van der Waals surface area contributed by atoms with Gasteiger partial charge in [0.25, 0.3) is 0 Å². The van der Waals surface area contributed by atoms with Crippen molar-refractivity contribution in [2.45, 2.75) is 49.9 Å². The van der Waals surface area contributed by atoms with Gasteiger partial charge >= 0.3 is 6.36 Å². The molecule has 5 rings (SSSR count). The van der Waals surface area contributed by atoms with Crippen LogP contribution >= 0.6 is 15.9 Å². The quantitative estimate of drug-likeness (QED) is 0.142. The van der Waals surface area contributed by atoms with Gasteiger partial charge in [-0.25, -0.2) is 23.1 Å². The molecule has 0 radical (unpaired) electrons. The van der Waals surface area contributed by atoms with E-state index in [2.05, 4.69) is 46.0 Å². The van der Waals surface area contributed by atoms with Crippen LogP contribution in [0.2, 0.25) is 0 Å². The molecular weight excluding hydrogens is 663 g/mol. The molecular formula is C29H33BrF3N7O3S. The summed E-state index contributed by atoms with van der Waals surface area (Å²) in [6.07, 6.45) is 4.68. The number of anilines is 2. The number of alkyl halides is 3. The van der Waals surface area contributed by atoms with Gasteiger partial charge in [-0.1, -0.05) is 28.1 Å². The summed E-state index contributed by atoms with van der Waals surface area (Å²) in [5, 5.41) is 7.78. The van der Waals surface area contributed by atoms with Gasteiger partial charge in [-0.3, -0.25) is 0 Å². The fourth-order valence-electron chi connectivity index (χ4n) is 5.27. The number of nitrogens with one attached hydrogen (secondary N) is 3. The van der Waals surface area contributed by atoms with Gasteiger partial charge in [0.05, 0.1) is 11.8 Å². The zero-order valence-corrected chi connectivity index (χ0v) is 26.1. The molecule has 0 saturated heterocycles. The summed E-state index contributed by atoms with van der Waals surface area (Å²) in [5.74, 6) is 0.954. The van der Waals surface area contributed by atoms with Crippen molar-refractivity contribution < 1.29 is 26.3 Å². The molecule has 2 aromatic carbocycles. The Morgan fingerprint density at radius 1 is 1.00 bits per heavy atom. The number of aromatic nitrogens is 4. The molecule has 3 N–H and O–H groups in total. The molecule has 1 aliphatic rings. The Kier molecular flexibility index (Phi) is 10.3. The average molecular weight is 697 g/mol. The maximum Gasteiger partial charge on any atom is 0.573 e. The molecule has 0 amide bonds. The normalized spacial score (nSPS) is 17.5. The fourth-order valence-corrected chi connectivity index (χ4v) is 6.83. The van der Waals surface area contributed by atoms with Crippen molar-refractivity contribution in [2.24, 2.45) is 11.8 Å². The number of imidazole rings is 1. The minimum absolute atomic E-state index is 0.0681. The summed E-state index contributed by atoms with van der Waals surface area (Å²) in [7, 11) is -4.22. The molecule has 44 heavy (non-hydrogen) atoms. The molecule has 0 spiro atoms. The van der Waals surface area contributed by atoms with E-state index in [1.54, 1.807) is 12.5 Å². The molecule has 2 aromatic heterocycles. The molecule has 0 unspecified atom stereocenters. The van der Waals surface area contributed by atoms with Gasteiger partial charge in [-0.2, -0.15) is 4.98 Å². The summed E-state index contributed by atoms with van der Waals surface area (Å²) in [6, 6.07) is 11.3. The highest BCUT2D eigenvalue weighted by atomic mass is 79.9. The number of sulfonamides is 1. The first-order valence-corrected chi connectivity index (χ1v) is 16.6. The molecule has 1 saturated carbocycles. The second-order valence-corrected chi connectivity index (χ2v) is 13.4. The number of hydrogen-bond donors (Lipinski definition) is 3. The van der Waals surface area contributed by atoms with E-state index in [0.29, 0.717) is 18.4 Å². The van der Waals surface area contributed by atoms with Crippen LogP contribution in [0.4, 0.5) is 24.9 Å². The van der Waals surface area contributed by atoms with Crippen LogP contribution in [0.5, 0.6) is 5.75 Å². The summed E-state index contributed by atoms with van der Waals surface area (Å²) in [4.78, 5) is 12.9. The van der Waals surface area contributed by atoms with Gasteiger partial charge in [0.15, 0.2) is 5.75 Å². The molecule has 15 heteroatoms. The topological polar surface area (TPSA) is 123 Å². The molecule has 4 aromatic rings. The second-order valence-electron chi connectivity index (χ2n) is 10.8. The summed E-state index contributed by atoms with van der Waals surface area (Å²) >= 11 is 3.06. The van der Waals surface area contributed by atoms with E-state index in [4.69, 9.17) is 4.98 Å². The van der Waals surface area contributed by atoms with Crippen LogP contribution in [-0.2, 0) is 16.6 Å². The molecule has 1 fully saturated rings. The average Bonchev–Trinajstić information content (AvgIpc) is 3.50. The lowest BCUT2D eigenvalue weighted by molar-refractivity contribution is -0.275. The van der Waals surface area contributed by atoms with E-state index in [1.165, 1.54) is 6.07 Å². The standard InChI is InChI=1S/C29H33BrF3N7O3S/c30-22-10-11-26(25(16-22)43-29(31,32)33)44(41,42)37-18-21-8-6-20(7-9-21)17-36-28-38-24-5-2-1-4-23(24)27(39-28)35-12-3-14-40-15-13-34-19-40/h1-2,4-5,10-11,13,15-16,19-21,37H,3,6-9,12,14,17-18H2,(H2,35,36,38,39). The Hall–Kier alpha value is -3.43. The van der Waals surface area contributed by atoms with Crippen molar-refractivity contribution in [3.05, 3.63) is 65.7 Å². The third kappa shape index (κ3) is 8.82. The van der Waals surface area contributed by atoms with Gasteiger partial charge in [-0.15, -0.1) is 13.2 Å². The highest BCUT2D eigenvalue weighted by molar-refractivity contribution is 9.10. The Morgan fingerprint density at radius 2 is 1.75 bits per heavy atom. The number of nitrogens with zero attached hydrogens (tertiary/aromatic N) is 4. The summed E-state index contributed by atoms with van der Waals surface area (Å²) in [6.45, 7) is 2.40. The number of halogens is 4. The zero-order chi connectivity index (χ0) is 31.2. The lowest BCUT2D eigenvalue weighted by Crippen LogP contribution is -2.33. The first-order valence-electron chi connectivity index (χ1n) is 14.3. The predicted molar refractivity (Wildman–Crippen MR) is 165 cm³/mol. The number of aryl methyl sites for hydroxylation is 1. The van der Waals surface area contributed by atoms with E-state index in [-0.39, 0.29) is 16.9 Å². The lowest BCUT2D eigenvalue weighted by Gasteiger charge is -2.29. The molecule has 2 heterocycles. The van der Waals surface area contributed by atoms with E-state index < -0.39 is 27.0 Å². The van der Waals surface area contributed by atoms with Crippen molar-refractivity contribution >= 4 is 48.6 Å².